The molecule has 0 bridgehead atoms. The highest BCUT2D eigenvalue weighted by molar-refractivity contribution is 5.86. The van der Waals surface area contributed by atoms with Crippen LogP contribution in [0.3, 0.4) is 0 Å². The molecule has 2 heterocycles. The molecule has 1 atom stereocenters. The van der Waals surface area contributed by atoms with E-state index in [1.807, 2.05) is 0 Å². The average Bonchev–Trinajstić information content (AvgIpc) is 2.46. The molecule has 2 N–H and O–H groups in total. The van der Waals surface area contributed by atoms with Crippen LogP contribution in [0.4, 0.5) is 0 Å². The number of hydrogen-bond acceptors (Lipinski definition) is 3. The molecular formula is C7H12N2O2. The molecule has 62 valence electrons. The Morgan fingerprint density at radius 2 is 2.36 bits per heavy atom. The second-order valence-electron chi connectivity index (χ2n) is 3.03. The van der Waals surface area contributed by atoms with E-state index in [2.05, 4.69) is 10.6 Å². The van der Waals surface area contributed by atoms with Crippen molar-refractivity contribution in [3.05, 3.63) is 0 Å². The van der Waals surface area contributed by atoms with Crippen molar-refractivity contribution < 1.29 is 9.53 Å². The van der Waals surface area contributed by atoms with Crippen molar-refractivity contribution in [2.75, 3.05) is 26.2 Å². The van der Waals surface area contributed by atoms with Gasteiger partial charge in [-0.25, -0.2) is 0 Å². The lowest BCUT2D eigenvalue weighted by Crippen LogP contribution is -2.55. The third kappa shape index (κ3) is 1.02. The molecule has 11 heavy (non-hydrogen) atoms. The van der Waals surface area contributed by atoms with E-state index in [1.54, 1.807) is 0 Å². The summed E-state index contributed by atoms with van der Waals surface area (Å²) in [5.41, 5.74) is -0.530. The molecule has 0 saturated carbocycles. The molecule has 0 radical (unpaired) electrons. The molecule has 2 rings (SSSR count). The van der Waals surface area contributed by atoms with E-state index in [0.29, 0.717) is 19.7 Å². The van der Waals surface area contributed by atoms with Crippen molar-refractivity contribution in [2.45, 2.75) is 12.0 Å². The molecule has 2 fully saturated rings. The third-order valence-electron chi connectivity index (χ3n) is 2.30. The summed E-state index contributed by atoms with van der Waals surface area (Å²) in [4.78, 5) is 11.3. The summed E-state index contributed by atoms with van der Waals surface area (Å²) in [7, 11) is 0. The summed E-state index contributed by atoms with van der Waals surface area (Å²) in [6.07, 6.45) is 0.804. The van der Waals surface area contributed by atoms with Gasteiger partial charge in [-0.3, -0.25) is 4.79 Å². The van der Waals surface area contributed by atoms with Crippen LogP contribution in [0.5, 0.6) is 0 Å². The van der Waals surface area contributed by atoms with Crippen molar-refractivity contribution in [1.29, 1.82) is 0 Å². The Morgan fingerprint density at radius 1 is 1.45 bits per heavy atom. The van der Waals surface area contributed by atoms with Gasteiger partial charge in [0.05, 0.1) is 6.61 Å². The zero-order valence-corrected chi connectivity index (χ0v) is 6.35. The second kappa shape index (κ2) is 2.46. The van der Waals surface area contributed by atoms with E-state index < -0.39 is 5.60 Å². The Labute approximate surface area is 65.3 Å². The van der Waals surface area contributed by atoms with Crippen LogP contribution >= 0.6 is 0 Å². The molecular weight excluding hydrogens is 144 g/mol. The number of carbonyl (C=O) groups is 1. The van der Waals surface area contributed by atoms with E-state index in [0.717, 1.165) is 13.0 Å². The van der Waals surface area contributed by atoms with Crippen LogP contribution in [0, 0.1) is 0 Å². The zero-order chi connectivity index (χ0) is 7.73. The van der Waals surface area contributed by atoms with Gasteiger partial charge in [-0.2, -0.15) is 0 Å². The van der Waals surface area contributed by atoms with E-state index >= 15 is 0 Å². The second-order valence-corrected chi connectivity index (χ2v) is 3.03. The number of nitrogens with one attached hydrogen (secondary N) is 2. The van der Waals surface area contributed by atoms with Gasteiger partial charge in [0, 0.05) is 13.1 Å². The normalized spacial score (nSPS) is 37.6. The average molecular weight is 156 g/mol. The summed E-state index contributed by atoms with van der Waals surface area (Å²) in [6, 6.07) is 0. The van der Waals surface area contributed by atoms with Crippen molar-refractivity contribution in [2.24, 2.45) is 0 Å². The summed E-state index contributed by atoms with van der Waals surface area (Å²) < 4.78 is 5.46. The van der Waals surface area contributed by atoms with Gasteiger partial charge in [0.1, 0.15) is 0 Å². The number of amides is 1. The Hall–Kier alpha value is -0.610. The Bertz CT molecular complexity index is 175. The van der Waals surface area contributed by atoms with Crippen LogP contribution < -0.4 is 10.6 Å². The maximum Gasteiger partial charge on any atom is 0.253 e. The largest absolute Gasteiger partial charge is 0.362 e. The van der Waals surface area contributed by atoms with Crippen LogP contribution in [0.1, 0.15) is 6.42 Å². The summed E-state index contributed by atoms with van der Waals surface area (Å²) in [5.74, 6) is 0.0498. The minimum absolute atomic E-state index is 0.0498. The smallest absolute Gasteiger partial charge is 0.253 e. The van der Waals surface area contributed by atoms with Gasteiger partial charge in [0.25, 0.3) is 5.91 Å². The molecule has 2 saturated heterocycles. The van der Waals surface area contributed by atoms with Gasteiger partial charge >= 0.3 is 0 Å². The molecule has 2 aliphatic rings. The minimum atomic E-state index is -0.530. The van der Waals surface area contributed by atoms with E-state index in [4.69, 9.17) is 4.74 Å². The van der Waals surface area contributed by atoms with Crippen molar-refractivity contribution in [3.8, 4) is 0 Å². The molecule has 1 spiro atoms. The van der Waals surface area contributed by atoms with E-state index in [1.165, 1.54) is 0 Å². The topological polar surface area (TPSA) is 50.4 Å². The molecule has 4 nitrogen and oxygen atoms in total. The summed E-state index contributed by atoms with van der Waals surface area (Å²) in [5, 5.41) is 5.94. The van der Waals surface area contributed by atoms with Crippen LogP contribution in [0.15, 0.2) is 0 Å². The molecule has 0 aromatic heterocycles. The number of carbonyl (C=O) groups excluding carboxylic acids is 1. The first kappa shape index (κ1) is 7.06. The summed E-state index contributed by atoms with van der Waals surface area (Å²) in [6.45, 7) is 2.85. The monoisotopic (exact) mass is 156 g/mol. The van der Waals surface area contributed by atoms with Crippen LogP contribution in [0.25, 0.3) is 0 Å². The highest BCUT2D eigenvalue weighted by Crippen LogP contribution is 2.21. The van der Waals surface area contributed by atoms with Crippen LogP contribution in [-0.4, -0.2) is 37.7 Å². The van der Waals surface area contributed by atoms with Gasteiger partial charge in [-0.15, -0.1) is 0 Å². The highest BCUT2D eigenvalue weighted by atomic mass is 16.5. The predicted octanol–water partition coefficient (Wildman–Crippen LogP) is -1.14. The fourth-order valence-electron chi connectivity index (χ4n) is 1.62. The standard InChI is InChI=1S/C7H12N2O2/c10-6-7(1-2-8-5-7)11-4-3-9-6/h8H,1-5H2,(H,9,10). The summed E-state index contributed by atoms with van der Waals surface area (Å²) >= 11 is 0. The Morgan fingerprint density at radius 3 is 3.00 bits per heavy atom. The zero-order valence-electron chi connectivity index (χ0n) is 6.35. The van der Waals surface area contributed by atoms with Crippen LogP contribution in [-0.2, 0) is 9.53 Å². The lowest BCUT2D eigenvalue weighted by Gasteiger charge is -2.31. The first-order valence-corrected chi connectivity index (χ1v) is 3.96. The first-order valence-electron chi connectivity index (χ1n) is 3.96. The maximum atomic E-state index is 11.3. The third-order valence-corrected chi connectivity index (χ3v) is 2.30. The van der Waals surface area contributed by atoms with Gasteiger partial charge in [-0.05, 0) is 13.0 Å². The van der Waals surface area contributed by atoms with Crippen molar-refractivity contribution in [3.63, 3.8) is 0 Å². The lowest BCUT2D eigenvalue weighted by molar-refractivity contribution is -0.151. The maximum absolute atomic E-state index is 11.3. The Kier molecular flexibility index (Phi) is 1.58. The predicted molar refractivity (Wildman–Crippen MR) is 39.2 cm³/mol. The number of hydrogen-bond donors (Lipinski definition) is 2. The van der Waals surface area contributed by atoms with Gasteiger partial charge in [0.2, 0.25) is 0 Å². The lowest BCUT2D eigenvalue weighted by atomic mass is 10.0. The fourth-order valence-corrected chi connectivity index (χ4v) is 1.62. The molecule has 4 heteroatoms. The fraction of sp³-hybridized carbons (Fsp3) is 0.857. The van der Waals surface area contributed by atoms with Gasteiger partial charge in [0.15, 0.2) is 5.60 Å². The highest BCUT2D eigenvalue weighted by Gasteiger charge is 2.43. The molecule has 2 aliphatic heterocycles. The number of rotatable bonds is 0. The Balaban J connectivity index is 2.13. The molecule has 0 aliphatic carbocycles. The SMILES string of the molecule is O=C1NCCOC12CCNC2. The quantitative estimate of drug-likeness (QED) is 0.466. The van der Waals surface area contributed by atoms with Crippen molar-refractivity contribution >= 4 is 5.91 Å². The minimum Gasteiger partial charge on any atom is -0.362 e. The molecule has 1 unspecified atom stereocenters. The van der Waals surface area contributed by atoms with Crippen molar-refractivity contribution in [1.82, 2.24) is 10.6 Å². The first-order chi connectivity index (χ1) is 5.33. The molecule has 1 amide bonds. The van der Waals surface area contributed by atoms with Gasteiger partial charge in [-0.1, -0.05) is 0 Å². The molecule has 0 aromatic rings. The van der Waals surface area contributed by atoms with Crippen LogP contribution in [0.2, 0.25) is 0 Å². The van der Waals surface area contributed by atoms with E-state index in [9.17, 15) is 4.79 Å². The number of ether oxygens (including phenoxy) is 1. The number of morpholine rings is 1. The molecule has 0 aromatic carbocycles. The van der Waals surface area contributed by atoms with Gasteiger partial charge < -0.3 is 15.4 Å². The van der Waals surface area contributed by atoms with E-state index in [-0.39, 0.29) is 5.91 Å².